The molecule has 3 nitrogen and oxygen atoms in total. The lowest BCUT2D eigenvalue weighted by molar-refractivity contribution is -0.129. The molecule has 2 aromatic rings. The van der Waals surface area contributed by atoms with Crippen molar-refractivity contribution in [2.24, 2.45) is 0 Å². The molecule has 0 aromatic heterocycles. The Hall–Kier alpha value is -2.36. The number of amides is 1. The molecule has 2 aromatic carbocycles. The zero-order valence-corrected chi connectivity index (χ0v) is 14.0. The van der Waals surface area contributed by atoms with Crippen molar-refractivity contribution in [3.05, 3.63) is 65.5 Å². The third-order valence-electron chi connectivity index (χ3n) is 4.52. The van der Waals surface area contributed by atoms with Crippen LogP contribution >= 0.6 is 0 Å². The first kappa shape index (κ1) is 16.5. The highest BCUT2D eigenvalue weighted by molar-refractivity contribution is 5.78. The van der Waals surface area contributed by atoms with Crippen molar-refractivity contribution >= 4 is 11.6 Å². The summed E-state index contributed by atoms with van der Waals surface area (Å²) in [6.45, 7) is 2.73. The molecular formula is C20H23FN2O. The van der Waals surface area contributed by atoms with Crippen LogP contribution in [0.1, 0.15) is 24.0 Å². The van der Waals surface area contributed by atoms with E-state index < -0.39 is 0 Å². The van der Waals surface area contributed by atoms with Crippen LogP contribution in [0.15, 0.2) is 48.5 Å². The molecule has 1 fully saturated rings. The smallest absolute Gasteiger partial charge is 0.227 e. The lowest BCUT2D eigenvalue weighted by Crippen LogP contribution is -2.29. The summed E-state index contributed by atoms with van der Waals surface area (Å²) in [6.07, 6.45) is 2.67. The number of para-hydroxylation sites is 1. The van der Waals surface area contributed by atoms with Crippen LogP contribution in [-0.2, 0) is 17.8 Å². The Labute approximate surface area is 142 Å². The molecule has 0 radical (unpaired) electrons. The second-order valence-corrected chi connectivity index (χ2v) is 6.38. The van der Waals surface area contributed by atoms with Crippen LogP contribution < -0.4 is 4.90 Å². The quantitative estimate of drug-likeness (QED) is 0.838. The molecule has 0 saturated carbocycles. The summed E-state index contributed by atoms with van der Waals surface area (Å²) in [7, 11) is 1.81. The molecule has 24 heavy (non-hydrogen) atoms. The first-order valence-electron chi connectivity index (χ1n) is 8.45. The normalized spacial score (nSPS) is 14.0. The Balaban J connectivity index is 1.68. The van der Waals surface area contributed by atoms with Crippen LogP contribution in [-0.4, -0.2) is 30.9 Å². The SMILES string of the molecule is CN(Cc1ccccc1N1CCCC1)C(=O)Cc1cccc(F)c1. The maximum Gasteiger partial charge on any atom is 0.227 e. The van der Waals surface area contributed by atoms with Gasteiger partial charge in [0.25, 0.3) is 0 Å². The Kier molecular flexibility index (Phi) is 5.14. The van der Waals surface area contributed by atoms with E-state index in [9.17, 15) is 9.18 Å². The van der Waals surface area contributed by atoms with E-state index in [1.807, 2.05) is 19.2 Å². The monoisotopic (exact) mass is 326 g/mol. The number of halogens is 1. The van der Waals surface area contributed by atoms with E-state index in [0.717, 1.165) is 18.7 Å². The number of benzene rings is 2. The Bertz CT molecular complexity index is 710. The summed E-state index contributed by atoms with van der Waals surface area (Å²) in [5, 5.41) is 0. The zero-order valence-electron chi connectivity index (χ0n) is 14.0. The second-order valence-electron chi connectivity index (χ2n) is 6.38. The van der Waals surface area contributed by atoms with Gasteiger partial charge in [-0.15, -0.1) is 0 Å². The Morgan fingerprint density at radius 2 is 1.88 bits per heavy atom. The van der Waals surface area contributed by atoms with Crippen LogP contribution in [0.5, 0.6) is 0 Å². The van der Waals surface area contributed by atoms with E-state index in [1.165, 1.54) is 30.7 Å². The molecule has 0 N–H and O–H groups in total. The van der Waals surface area contributed by atoms with E-state index in [1.54, 1.807) is 17.0 Å². The van der Waals surface area contributed by atoms with Gasteiger partial charge in [0.15, 0.2) is 0 Å². The number of nitrogens with zero attached hydrogens (tertiary/aromatic N) is 2. The molecule has 1 saturated heterocycles. The van der Waals surface area contributed by atoms with Gasteiger partial charge in [0.1, 0.15) is 5.82 Å². The average molecular weight is 326 g/mol. The van der Waals surface area contributed by atoms with Crippen molar-refractivity contribution in [2.45, 2.75) is 25.8 Å². The average Bonchev–Trinajstić information content (AvgIpc) is 3.09. The third-order valence-corrected chi connectivity index (χ3v) is 4.52. The molecule has 1 heterocycles. The van der Waals surface area contributed by atoms with E-state index >= 15 is 0 Å². The molecule has 1 aliphatic heterocycles. The standard InChI is InChI=1S/C20H23FN2O/c1-22(20(24)14-16-7-6-9-18(21)13-16)15-17-8-2-3-10-19(17)23-11-4-5-12-23/h2-3,6-10,13H,4-5,11-12,14-15H2,1H3. The van der Waals surface area contributed by atoms with E-state index in [-0.39, 0.29) is 18.1 Å². The van der Waals surface area contributed by atoms with Gasteiger partial charge in [-0.2, -0.15) is 0 Å². The number of carbonyl (C=O) groups is 1. The molecule has 0 bridgehead atoms. The van der Waals surface area contributed by atoms with Crippen LogP contribution in [0.4, 0.5) is 10.1 Å². The molecule has 1 aliphatic rings. The van der Waals surface area contributed by atoms with Gasteiger partial charge in [-0.3, -0.25) is 4.79 Å². The highest BCUT2D eigenvalue weighted by Crippen LogP contribution is 2.25. The fourth-order valence-electron chi connectivity index (χ4n) is 3.21. The summed E-state index contributed by atoms with van der Waals surface area (Å²) in [6, 6.07) is 14.5. The molecule has 0 atom stereocenters. The van der Waals surface area contributed by atoms with E-state index in [2.05, 4.69) is 17.0 Å². The van der Waals surface area contributed by atoms with Crippen molar-refractivity contribution in [1.82, 2.24) is 4.90 Å². The fourth-order valence-corrected chi connectivity index (χ4v) is 3.21. The first-order valence-corrected chi connectivity index (χ1v) is 8.45. The fraction of sp³-hybridized carbons (Fsp3) is 0.350. The van der Waals surface area contributed by atoms with Crippen molar-refractivity contribution < 1.29 is 9.18 Å². The molecule has 126 valence electrons. The zero-order chi connectivity index (χ0) is 16.9. The van der Waals surface area contributed by atoms with E-state index in [4.69, 9.17) is 0 Å². The number of anilines is 1. The maximum atomic E-state index is 13.3. The second kappa shape index (κ2) is 7.47. The number of likely N-dealkylation sites (N-methyl/N-ethyl adjacent to an activating group) is 1. The summed E-state index contributed by atoms with van der Waals surface area (Å²) in [4.78, 5) is 16.6. The largest absolute Gasteiger partial charge is 0.371 e. The van der Waals surface area contributed by atoms with Gasteiger partial charge in [0.05, 0.1) is 6.42 Å². The summed E-state index contributed by atoms with van der Waals surface area (Å²) < 4.78 is 13.3. The summed E-state index contributed by atoms with van der Waals surface area (Å²) in [5.74, 6) is -0.306. The number of carbonyl (C=O) groups excluding carboxylic acids is 1. The molecule has 4 heteroatoms. The first-order chi connectivity index (χ1) is 11.6. The van der Waals surface area contributed by atoms with Gasteiger partial charge in [-0.1, -0.05) is 30.3 Å². The van der Waals surface area contributed by atoms with Gasteiger partial charge in [-0.25, -0.2) is 4.39 Å². The summed E-state index contributed by atoms with van der Waals surface area (Å²) in [5.41, 5.74) is 3.09. The van der Waals surface area contributed by atoms with Gasteiger partial charge < -0.3 is 9.80 Å². The molecule has 0 spiro atoms. The van der Waals surface area contributed by atoms with Crippen LogP contribution in [0.3, 0.4) is 0 Å². The van der Waals surface area contributed by atoms with Gasteiger partial charge in [0.2, 0.25) is 5.91 Å². The predicted octanol–water partition coefficient (Wildman–Crippen LogP) is 3.63. The predicted molar refractivity (Wildman–Crippen MR) is 94.5 cm³/mol. The lowest BCUT2D eigenvalue weighted by atomic mass is 10.1. The highest BCUT2D eigenvalue weighted by atomic mass is 19.1. The topological polar surface area (TPSA) is 23.6 Å². The minimum atomic E-state index is -0.303. The van der Waals surface area contributed by atoms with Crippen molar-refractivity contribution in [1.29, 1.82) is 0 Å². The van der Waals surface area contributed by atoms with Crippen molar-refractivity contribution in [2.75, 3.05) is 25.0 Å². The van der Waals surface area contributed by atoms with Gasteiger partial charge in [0, 0.05) is 32.4 Å². The molecule has 1 amide bonds. The minimum Gasteiger partial charge on any atom is -0.371 e. The van der Waals surface area contributed by atoms with Crippen molar-refractivity contribution in [3.63, 3.8) is 0 Å². The number of hydrogen-bond acceptors (Lipinski definition) is 2. The summed E-state index contributed by atoms with van der Waals surface area (Å²) >= 11 is 0. The molecule has 3 rings (SSSR count). The third kappa shape index (κ3) is 3.94. The van der Waals surface area contributed by atoms with E-state index in [0.29, 0.717) is 12.1 Å². The van der Waals surface area contributed by atoms with Gasteiger partial charge in [-0.05, 0) is 42.2 Å². The molecule has 0 unspecified atom stereocenters. The lowest BCUT2D eigenvalue weighted by Gasteiger charge is -2.24. The molecular weight excluding hydrogens is 303 g/mol. The van der Waals surface area contributed by atoms with Crippen LogP contribution in [0.2, 0.25) is 0 Å². The Morgan fingerprint density at radius 3 is 2.62 bits per heavy atom. The van der Waals surface area contributed by atoms with Crippen LogP contribution in [0.25, 0.3) is 0 Å². The number of hydrogen-bond donors (Lipinski definition) is 0. The van der Waals surface area contributed by atoms with Crippen LogP contribution in [0, 0.1) is 5.82 Å². The Morgan fingerprint density at radius 1 is 1.12 bits per heavy atom. The number of rotatable bonds is 5. The highest BCUT2D eigenvalue weighted by Gasteiger charge is 2.17. The van der Waals surface area contributed by atoms with Gasteiger partial charge >= 0.3 is 0 Å². The molecule has 0 aliphatic carbocycles. The maximum absolute atomic E-state index is 13.3. The van der Waals surface area contributed by atoms with Crippen molar-refractivity contribution in [3.8, 4) is 0 Å². The minimum absolute atomic E-state index is 0.00294.